The molecular formula is C13H21N3O4S. The third-order valence-corrected chi connectivity index (χ3v) is 4.86. The van der Waals surface area contributed by atoms with E-state index in [-0.39, 0.29) is 23.7 Å². The van der Waals surface area contributed by atoms with Crippen LogP contribution in [0, 0.1) is 0 Å². The van der Waals surface area contributed by atoms with Gasteiger partial charge in [-0.25, -0.2) is 13.1 Å². The average Bonchev–Trinajstić information content (AvgIpc) is 2.46. The molecule has 1 aromatic carbocycles. The molecule has 0 amide bonds. The molecule has 0 saturated carbocycles. The number of hydrogen-bond acceptors (Lipinski definition) is 6. The van der Waals surface area contributed by atoms with E-state index in [0.717, 1.165) is 0 Å². The quantitative estimate of drug-likeness (QED) is 0.663. The van der Waals surface area contributed by atoms with Crippen LogP contribution in [-0.2, 0) is 14.8 Å². The van der Waals surface area contributed by atoms with Crippen LogP contribution in [0.2, 0.25) is 0 Å². The maximum atomic E-state index is 12.2. The molecule has 0 aromatic heterocycles. The second kappa shape index (κ2) is 6.18. The molecule has 0 bridgehead atoms. The van der Waals surface area contributed by atoms with Crippen molar-refractivity contribution in [2.75, 3.05) is 37.4 Å². The molecule has 1 saturated heterocycles. The summed E-state index contributed by atoms with van der Waals surface area (Å²) in [6.07, 6.45) is -0.435. The first-order chi connectivity index (χ1) is 9.87. The highest BCUT2D eigenvalue weighted by Crippen LogP contribution is 2.29. The molecule has 2 unspecified atom stereocenters. The summed E-state index contributed by atoms with van der Waals surface area (Å²) in [5, 5.41) is 9.29. The molecule has 7 nitrogen and oxygen atoms in total. The minimum atomic E-state index is -3.62. The number of sulfonamides is 1. The van der Waals surface area contributed by atoms with Gasteiger partial charge in [0, 0.05) is 18.8 Å². The fourth-order valence-corrected chi connectivity index (χ4v) is 3.44. The molecule has 2 rings (SSSR count). The van der Waals surface area contributed by atoms with Gasteiger partial charge in [-0.3, -0.25) is 0 Å². The Bertz CT molecular complexity index is 605. The zero-order valence-corrected chi connectivity index (χ0v) is 12.9. The molecule has 1 aliphatic rings. The largest absolute Gasteiger partial charge is 0.399 e. The predicted octanol–water partition coefficient (Wildman–Crippen LogP) is -0.237. The summed E-state index contributed by atoms with van der Waals surface area (Å²) < 4.78 is 32.2. The Labute approximate surface area is 124 Å². The third-order valence-electron chi connectivity index (χ3n) is 3.41. The molecule has 8 heteroatoms. The minimum Gasteiger partial charge on any atom is -0.399 e. The van der Waals surface area contributed by atoms with Gasteiger partial charge < -0.3 is 20.5 Å². The van der Waals surface area contributed by atoms with Gasteiger partial charge in [0.15, 0.2) is 0 Å². The number of hydrogen-bond donors (Lipinski definition) is 3. The monoisotopic (exact) mass is 315 g/mol. The van der Waals surface area contributed by atoms with Crippen molar-refractivity contribution in [2.24, 2.45) is 0 Å². The molecule has 0 aliphatic carbocycles. The maximum Gasteiger partial charge on any atom is 0.242 e. The van der Waals surface area contributed by atoms with Gasteiger partial charge in [-0.1, -0.05) is 0 Å². The Morgan fingerprint density at radius 2 is 2.19 bits per heavy atom. The molecule has 2 atom stereocenters. The van der Waals surface area contributed by atoms with E-state index in [1.807, 2.05) is 11.8 Å². The molecule has 1 fully saturated rings. The van der Waals surface area contributed by atoms with Gasteiger partial charge in [0.1, 0.15) is 4.90 Å². The average molecular weight is 315 g/mol. The Morgan fingerprint density at radius 1 is 1.48 bits per heavy atom. The standard InChI is InChI=1S/C13H21N3O4S/c1-9-6-16(7-11(8-17)20-9)12-4-3-10(14)5-13(12)21(18,19)15-2/h3-5,9,11,15,17H,6-8,14H2,1-2H3. The van der Waals surface area contributed by atoms with E-state index in [4.69, 9.17) is 10.5 Å². The number of aliphatic hydroxyl groups excluding tert-OH is 1. The van der Waals surface area contributed by atoms with Gasteiger partial charge in [0.05, 0.1) is 24.5 Å². The lowest BCUT2D eigenvalue weighted by Crippen LogP contribution is -2.48. The summed E-state index contributed by atoms with van der Waals surface area (Å²) in [7, 11) is -2.26. The van der Waals surface area contributed by atoms with Gasteiger partial charge in [0.25, 0.3) is 0 Å². The summed E-state index contributed by atoms with van der Waals surface area (Å²) in [6, 6.07) is 4.79. The maximum absolute atomic E-state index is 12.2. The molecule has 4 N–H and O–H groups in total. The molecule has 1 heterocycles. The van der Waals surface area contributed by atoms with Crippen molar-refractivity contribution in [3.63, 3.8) is 0 Å². The smallest absolute Gasteiger partial charge is 0.242 e. The summed E-state index contributed by atoms with van der Waals surface area (Å²) in [4.78, 5) is 2.04. The van der Waals surface area contributed by atoms with Gasteiger partial charge >= 0.3 is 0 Å². The number of morpholine rings is 1. The second-order valence-electron chi connectivity index (χ2n) is 5.09. The Balaban J connectivity index is 2.44. The predicted molar refractivity (Wildman–Crippen MR) is 80.7 cm³/mol. The van der Waals surface area contributed by atoms with Crippen LogP contribution in [0.25, 0.3) is 0 Å². The van der Waals surface area contributed by atoms with Crippen molar-refractivity contribution >= 4 is 21.4 Å². The molecule has 118 valence electrons. The molecule has 0 radical (unpaired) electrons. The van der Waals surface area contributed by atoms with E-state index < -0.39 is 10.0 Å². The number of aliphatic hydroxyl groups is 1. The van der Waals surface area contributed by atoms with Crippen molar-refractivity contribution in [1.29, 1.82) is 0 Å². The van der Waals surface area contributed by atoms with E-state index in [1.165, 1.54) is 13.1 Å². The van der Waals surface area contributed by atoms with E-state index in [0.29, 0.717) is 24.5 Å². The number of nitrogen functional groups attached to an aromatic ring is 1. The van der Waals surface area contributed by atoms with E-state index in [9.17, 15) is 13.5 Å². The van der Waals surface area contributed by atoms with E-state index in [2.05, 4.69) is 4.72 Å². The van der Waals surface area contributed by atoms with Crippen molar-refractivity contribution in [3.05, 3.63) is 18.2 Å². The first-order valence-electron chi connectivity index (χ1n) is 6.71. The number of rotatable bonds is 4. The fourth-order valence-electron chi connectivity index (χ4n) is 2.46. The number of ether oxygens (including phenoxy) is 1. The van der Waals surface area contributed by atoms with Crippen LogP contribution >= 0.6 is 0 Å². The van der Waals surface area contributed by atoms with Crippen molar-refractivity contribution in [3.8, 4) is 0 Å². The first kappa shape index (κ1) is 16.0. The highest BCUT2D eigenvalue weighted by Gasteiger charge is 2.28. The second-order valence-corrected chi connectivity index (χ2v) is 6.95. The lowest BCUT2D eigenvalue weighted by Gasteiger charge is -2.38. The van der Waals surface area contributed by atoms with Crippen LogP contribution in [-0.4, -0.2) is 52.5 Å². The van der Waals surface area contributed by atoms with E-state index >= 15 is 0 Å². The highest BCUT2D eigenvalue weighted by atomic mass is 32.2. The normalized spacial score (nSPS) is 23.3. The van der Waals surface area contributed by atoms with E-state index in [1.54, 1.807) is 12.1 Å². The van der Waals surface area contributed by atoms with Crippen LogP contribution < -0.4 is 15.4 Å². The third kappa shape index (κ3) is 3.46. The van der Waals surface area contributed by atoms with Gasteiger partial charge in [0.2, 0.25) is 10.0 Å². The minimum absolute atomic E-state index is 0.0985. The number of nitrogens with zero attached hydrogens (tertiary/aromatic N) is 1. The van der Waals surface area contributed by atoms with Crippen LogP contribution in [0.5, 0.6) is 0 Å². The topological polar surface area (TPSA) is 105 Å². The van der Waals surface area contributed by atoms with Crippen molar-refractivity contribution in [2.45, 2.75) is 24.0 Å². The number of nitrogens with one attached hydrogen (secondary N) is 1. The zero-order chi connectivity index (χ0) is 15.6. The van der Waals surface area contributed by atoms with Crippen molar-refractivity contribution < 1.29 is 18.3 Å². The van der Waals surface area contributed by atoms with Gasteiger partial charge in [-0.05, 0) is 32.2 Å². The number of nitrogens with two attached hydrogens (primary N) is 1. The molecule has 21 heavy (non-hydrogen) atoms. The molecule has 0 spiro atoms. The van der Waals surface area contributed by atoms with Crippen LogP contribution in [0.15, 0.2) is 23.1 Å². The Kier molecular flexibility index (Phi) is 4.72. The Hall–Kier alpha value is -1.35. The molecule has 1 aliphatic heterocycles. The summed E-state index contributed by atoms with van der Waals surface area (Å²) in [5.74, 6) is 0. The van der Waals surface area contributed by atoms with Crippen LogP contribution in [0.4, 0.5) is 11.4 Å². The van der Waals surface area contributed by atoms with Crippen LogP contribution in [0.1, 0.15) is 6.92 Å². The summed E-state index contributed by atoms with van der Waals surface area (Å²) in [6.45, 7) is 2.76. The lowest BCUT2D eigenvalue weighted by atomic mass is 10.2. The molecular weight excluding hydrogens is 294 g/mol. The first-order valence-corrected chi connectivity index (χ1v) is 8.20. The number of benzene rings is 1. The summed E-state index contributed by atoms with van der Waals surface area (Å²) in [5.41, 5.74) is 6.66. The van der Waals surface area contributed by atoms with Gasteiger partial charge in [-0.2, -0.15) is 0 Å². The Morgan fingerprint density at radius 3 is 2.81 bits per heavy atom. The van der Waals surface area contributed by atoms with Crippen LogP contribution in [0.3, 0.4) is 0 Å². The van der Waals surface area contributed by atoms with Gasteiger partial charge in [-0.15, -0.1) is 0 Å². The SMILES string of the molecule is CNS(=O)(=O)c1cc(N)ccc1N1CC(C)OC(CO)C1. The summed E-state index contributed by atoms with van der Waals surface area (Å²) >= 11 is 0. The van der Waals surface area contributed by atoms with Crippen molar-refractivity contribution in [1.82, 2.24) is 4.72 Å². The molecule has 1 aromatic rings. The lowest BCUT2D eigenvalue weighted by molar-refractivity contribution is -0.0422. The zero-order valence-electron chi connectivity index (χ0n) is 12.1. The fraction of sp³-hybridized carbons (Fsp3) is 0.538. The highest BCUT2D eigenvalue weighted by molar-refractivity contribution is 7.89. The number of anilines is 2.